The van der Waals surface area contributed by atoms with Crippen molar-refractivity contribution in [1.82, 2.24) is 9.97 Å². The molecule has 0 bridgehead atoms. The second kappa shape index (κ2) is 4.92. The molecule has 3 N–H and O–H groups in total. The molecule has 0 aliphatic carbocycles. The van der Waals surface area contributed by atoms with Gasteiger partial charge in [0.05, 0.1) is 6.61 Å². The topological polar surface area (TPSA) is 84.9 Å². The number of nitrogen functional groups attached to an aromatic ring is 1. The smallest absolute Gasteiger partial charge is 0.316 e. The zero-order valence-corrected chi connectivity index (χ0v) is 9.95. The van der Waals surface area contributed by atoms with E-state index in [4.69, 9.17) is 15.9 Å². The molecule has 5 nitrogen and oxygen atoms in total. The minimum Gasteiger partial charge on any atom is -0.463 e. The monoisotopic (exact) mass is 222 g/mol. The van der Waals surface area contributed by atoms with Gasteiger partial charge >= 0.3 is 6.01 Å². The summed E-state index contributed by atoms with van der Waals surface area (Å²) >= 11 is 0. The normalized spacial score (nSPS) is 11.2. The van der Waals surface area contributed by atoms with Crippen LogP contribution in [-0.2, 0) is 0 Å². The average molecular weight is 222 g/mol. The Morgan fingerprint density at radius 3 is 2.75 bits per heavy atom. The lowest BCUT2D eigenvalue weighted by molar-refractivity contribution is 0.229. The van der Waals surface area contributed by atoms with Gasteiger partial charge in [0.15, 0.2) is 0 Å². The van der Waals surface area contributed by atoms with Crippen LogP contribution in [0.15, 0.2) is 12.3 Å². The van der Waals surface area contributed by atoms with Crippen molar-refractivity contribution in [2.45, 2.75) is 27.2 Å². The molecule has 0 saturated heterocycles. The van der Waals surface area contributed by atoms with Crippen molar-refractivity contribution < 1.29 is 4.74 Å². The number of nitrogens with one attached hydrogen (secondary N) is 1. The average Bonchev–Trinajstić information content (AvgIpc) is 2.16. The van der Waals surface area contributed by atoms with Gasteiger partial charge in [-0.3, -0.25) is 5.41 Å². The summed E-state index contributed by atoms with van der Waals surface area (Å²) in [5.41, 5.74) is 5.93. The predicted molar refractivity (Wildman–Crippen MR) is 62.6 cm³/mol. The number of rotatable bonds is 4. The number of hydrogen-bond acceptors (Lipinski definition) is 4. The lowest BCUT2D eigenvalue weighted by Gasteiger charge is -2.17. The maximum absolute atomic E-state index is 7.24. The highest BCUT2D eigenvalue weighted by molar-refractivity contribution is 5.92. The van der Waals surface area contributed by atoms with Gasteiger partial charge in [0.1, 0.15) is 11.5 Å². The van der Waals surface area contributed by atoms with Gasteiger partial charge in [-0.05, 0) is 17.9 Å². The molecular formula is C11H18N4O. The molecule has 1 aromatic heterocycles. The summed E-state index contributed by atoms with van der Waals surface area (Å²) in [5, 5.41) is 7.24. The maximum atomic E-state index is 7.24. The van der Waals surface area contributed by atoms with Crippen molar-refractivity contribution in [3.63, 3.8) is 0 Å². The summed E-state index contributed by atoms with van der Waals surface area (Å²) in [6.07, 6.45) is 2.46. The fourth-order valence-electron chi connectivity index (χ4n) is 1.01. The summed E-state index contributed by atoms with van der Waals surface area (Å²) in [4.78, 5) is 7.96. The molecule has 0 unspecified atom stereocenters. The first-order valence-corrected chi connectivity index (χ1v) is 5.19. The van der Waals surface area contributed by atoms with Crippen molar-refractivity contribution in [1.29, 1.82) is 5.41 Å². The Morgan fingerprint density at radius 2 is 2.19 bits per heavy atom. The summed E-state index contributed by atoms with van der Waals surface area (Å²) in [6.45, 7) is 6.99. The Hall–Kier alpha value is -1.65. The fraction of sp³-hybridized carbons (Fsp3) is 0.545. The molecular weight excluding hydrogens is 204 g/mol. The first-order chi connectivity index (χ1) is 7.38. The van der Waals surface area contributed by atoms with Gasteiger partial charge in [0.2, 0.25) is 0 Å². The molecule has 0 aliphatic heterocycles. The van der Waals surface area contributed by atoms with Crippen LogP contribution in [0.25, 0.3) is 0 Å². The van der Waals surface area contributed by atoms with E-state index in [-0.39, 0.29) is 17.3 Å². The number of hydrogen-bond donors (Lipinski definition) is 2. The first kappa shape index (κ1) is 12.4. The van der Waals surface area contributed by atoms with Crippen molar-refractivity contribution in [2.24, 2.45) is 11.1 Å². The second-order valence-electron chi connectivity index (χ2n) is 4.80. The second-order valence-corrected chi connectivity index (χ2v) is 4.80. The summed E-state index contributed by atoms with van der Waals surface area (Å²) in [6, 6.07) is 1.86. The Labute approximate surface area is 95.6 Å². The third-order valence-electron chi connectivity index (χ3n) is 1.99. The van der Waals surface area contributed by atoms with Gasteiger partial charge in [-0.1, -0.05) is 20.8 Å². The Bertz CT molecular complexity index is 370. The van der Waals surface area contributed by atoms with E-state index in [1.807, 2.05) is 0 Å². The van der Waals surface area contributed by atoms with Crippen molar-refractivity contribution in [3.05, 3.63) is 18.0 Å². The largest absolute Gasteiger partial charge is 0.463 e. The van der Waals surface area contributed by atoms with Gasteiger partial charge < -0.3 is 10.5 Å². The minimum atomic E-state index is -0.0805. The standard InChI is InChI=1S/C11H18N4O/c1-11(2,3)5-7-16-10-14-6-4-8(15-10)9(12)13/h4,6H,5,7H2,1-3H3,(H3,12,13). The number of amidine groups is 1. The molecule has 16 heavy (non-hydrogen) atoms. The van der Waals surface area contributed by atoms with Gasteiger partial charge in [-0.25, -0.2) is 4.98 Å². The summed E-state index contributed by atoms with van der Waals surface area (Å²) in [5.74, 6) is -0.0805. The van der Waals surface area contributed by atoms with Crippen LogP contribution in [0.3, 0.4) is 0 Å². The third-order valence-corrected chi connectivity index (χ3v) is 1.99. The molecule has 0 aliphatic rings. The fourth-order valence-corrected chi connectivity index (χ4v) is 1.01. The van der Waals surface area contributed by atoms with E-state index in [0.29, 0.717) is 12.3 Å². The Kier molecular flexibility index (Phi) is 3.82. The van der Waals surface area contributed by atoms with E-state index in [9.17, 15) is 0 Å². The molecule has 0 amide bonds. The minimum absolute atomic E-state index is 0.0805. The molecule has 0 spiro atoms. The summed E-state index contributed by atoms with van der Waals surface area (Å²) in [7, 11) is 0. The lowest BCUT2D eigenvalue weighted by atomic mass is 9.93. The highest BCUT2D eigenvalue weighted by Gasteiger charge is 2.10. The molecule has 1 heterocycles. The molecule has 88 valence electrons. The number of nitrogens with zero attached hydrogens (tertiary/aromatic N) is 2. The van der Waals surface area contributed by atoms with Crippen LogP contribution in [-0.4, -0.2) is 22.4 Å². The van der Waals surface area contributed by atoms with Crippen LogP contribution in [0, 0.1) is 10.8 Å². The van der Waals surface area contributed by atoms with Gasteiger partial charge in [-0.2, -0.15) is 4.98 Å². The number of ether oxygens (including phenoxy) is 1. The molecule has 0 fully saturated rings. The van der Waals surface area contributed by atoms with Gasteiger partial charge in [0, 0.05) is 6.20 Å². The lowest BCUT2D eigenvalue weighted by Crippen LogP contribution is -2.15. The van der Waals surface area contributed by atoms with Crippen LogP contribution in [0.2, 0.25) is 0 Å². The molecule has 0 saturated carbocycles. The van der Waals surface area contributed by atoms with E-state index in [2.05, 4.69) is 30.7 Å². The summed E-state index contributed by atoms with van der Waals surface area (Å²) < 4.78 is 5.40. The van der Waals surface area contributed by atoms with Gasteiger partial charge in [0.25, 0.3) is 0 Å². The van der Waals surface area contributed by atoms with Crippen molar-refractivity contribution in [2.75, 3.05) is 6.61 Å². The third kappa shape index (κ3) is 4.25. The van der Waals surface area contributed by atoms with Crippen LogP contribution in [0.1, 0.15) is 32.9 Å². The van der Waals surface area contributed by atoms with E-state index < -0.39 is 0 Å². The first-order valence-electron chi connectivity index (χ1n) is 5.19. The van der Waals surface area contributed by atoms with Crippen LogP contribution in [0.5, 0.6) is 6.01 Å². The van der Waals surface area contributed by atoms with E-state index >= 15 is 0 Å². The van der Waals surface area contributed by atoms with E-state index in [1.54, 1.807) is 6.07 Å². The number of nitrogens with two attached hydrogens (primary N) is 1. The zero-order chi connectivity index (χ0) is 12.2. The molecule has 5 heteroatoms. The number of aromatic nitrogens is 2. The quantitative estimate of drug-likeness (QED) is 0.598. The van der Waals surface area contributed by atoms with E-state index in [1.165, 1.54) is 6.20 Å². The Balaban J connectivity index is 2.55. The predicted octanol–water partition coefficient (Wildman–Crippen LogP) is 1.58. The van der Waals surface area contributed by atoms with Crippen molar-refractivity contribution >= 4 is 5.84 Å². The van der Waals surface area contributed by atoms with Crippen LogP contribution in [0.4, 0.5) is 0 Å². The zero-order valence-electron chi connectivity index (χ0n) is 9.95. The SMILES string of the molecule is CC(C)(C)CCOc1nccc(C(=N)N)n1. The molecule has 0 radical (unpaired) electrons. The van der Waals surface area contributed by atoms with Crippen LogP contribution < -0.4 is 10.5 Å². The molecule has 0 aromatic carbocycles. The highest BCUT2D eigenvalue weighted by atomic mass is 16.5. The van der Waals surface area contributed by atoms with Gasteiger partial charge in [-0.15, -0.1) is 0 Å². The van der Waals surface area contributed by atoms with Crippen molar-refractivity contribution in [3.8, 4) is 6.01 Å². The maximum Gasteiger partial charge on any atom is 0.316 e. The van der Waals surface area contributed by atoms with E-state index in [0.717, 1.165) is 6.42 Å². The molecule has 0 atom stereocenters. The molecule has 1 rings (SSSR count). The highest BCUT2D eigenvalue weighted by Crippen LogP contribution is 2.18. The Morgan fingerprint density at radius 1 is 1.50 bits per heavy atom. The molecule has 1 aromatic rings. The van der Waals surface area contributed by atoms with Crippen LogP contribution >= 0.6 is 0 Å².